The molecule has 0 spiro atoms. The predicted molar refractivity (Wildman–Crippen MR) is 153 cm³/mol. The first-order valence-electron chi connectivity index (χ1n) is 14.2. The van der Waals surface area contributed by atoms with Crippen molar-refractivity contribution in [2.75, 3.05) is 39.4 Å². The minimum Gasteiger partial charge on any atom is -0.303 e. The molecule has 0 atom stereocenters. The van der Waals surface area contributed by atoms with Crippen LogP contribution in [-0.4, -0.2) is 44.3 Å². The van der Waals surface area contributed by atoms with Crippen molar-refractivity contribution in [2.45, 2.75) is 136 Å². The Hall–Kier alpha value is 0.540. The summed E-state index contributed by atoms with van der Waals surface area (Å²) in [5.41, 5.74) is 0. The predicted octanol–water partition coefficient (Wildman–Crippen LogP) is 9.83. The average Bonchev–Trinajstić information content (AvgIpc) is 2.81. The Morgan fingerprint density at radius 1 is 0.545 bits per heavy atom. The number of unbranched alkanes of at least 4 members (excludes halogenated alkanes) is 15. The SMILES string of the molecule is CCCCCCCC[PH](C)(CCCCCCCC)CCCCCCCC.COP(=O)(O)OC. The van der Waals surface area contributed by atoms with Gasteiger partial charge in [-0.3, -0.25) is 9.05 Å². The van der Waals surface area contributed by atoms with Gasteiger partial charge in [-0.2, -0.15) is 0 Å². The summed E-state index contributed by atoms with van der Waals surface area (Å²) in [7, 11) is -2.41. The first kappa shape index (κ1) is 35.7. The Labute approximate surface area is 209 Å². The second kappa shape index (κ2) is 25.6. The molecule has 0 bridgehead atoms. The topological polar surface area (TPSA) is 55.8 Å². The van der Waals surface area contributed by atoms with E-state index in [2.05, 4.69) is 36.5 Å². The van der Waals surface area contributed by atoms with E-state index < -0.39 is 15.1 Å². The minimum absolute atomic E-state index is 0.955. The summed E-state index contributed by atoms with van der Waals surface area (Å²) in [4.78, 5) is 8.24. The van der Waals surface area contributed by atoms with E-state index in [1.807, 2.05) is 0 Å². The molecular formula is C27H62O4P2. The van der Waals surface area contributed by atoms with Gasteiger partial charge in [0.15, 0.2) is 0 Å². The van der Waals surface area contributed by atoms with Gasteiger partial charge >= 0.3 is 177 Å². The molecule has 0 aliphatic carbocycles. The summed E-state index contributed by atoms with van der Waals surface area (Å²) in [6.45, 7) is 9.73. The first-order chi connectivity index (χ1) is 15.8. The van der Waals surface area contributed by atoms with Crippen LogP contribution in [0.2, 0.25) is 0 Å². The van der Waals surface area contributed by atoms with Gasteiger partial charge in [-0.15, -0.1) is 0 Å². The molecule has 33 heavy (non-hydrogen) atoms. The number of hydrogen-bond donors (Lipinski definition) is 1. The fourth-order valence-electron chi connectivity index (χ4n) is 4.45. The van der Waals surface area contributed by atoms with E-state index in [4.69, 9.17) is 4.89 Å². The van der Waals surface area contributed by atoms with Gasteiger partial charge in [0.25, 0.3) is 0 Å². The average molecular weight is 513 g/mol. The second-order valence-electron chi connectivity index (χ2n) is 10.2. The molecule has 0 amide bonds. The zero-order chi connectivity index (χ0) is 25.3. The van der Waals surface area contributed by atoms with E-state index in [0.29, 0.717) is 0 Å². The van der Waals surface area contributed by atoms with Crippen molar-refractivity contribution >= 4 is 15.1 Å². The van der Waals surface area contributed by atoms with Crippen LogP contribution < -0.4 is 0 Å². The molecule has 0 radical (unpaired) electrons. The summed E-state index contributed by atoms with van der Waals surface area (Å²) < 4.78 is 18.0. The molecule has 0 aromatic heterocycles. The molecular weight excluding hydrogens is 450 g/mol. The normalized spacial score (nSPS) is 12.5. The van der Waals surface area contributed by atoms with Gasteiger partial charge in [0.05, 0.1) is 0 Å². The van der Waals surface area contributed by atoms with Crippen LogP contribution in [0.4, 0.5) is 0 Å². The van der Waals surface area contributed by atoms with Crippen molar-refractivity contribution in [2.24, 2.45) is 0 Å². The van der Waals surface area contributed by atoms with Gasteiger partial charge in [-0.05, 0) is 0 Å². The third-order valence-electron chi connectivity index (χ3n) is 6.86. The Balaban J connectivity index is 0. The zero-order valence-electron chi connectivity index (χ0n) is 23.5. The smallest absolute Gasteiger partial charge is 0.303 e. The monoisotopic (exact) mass is 512 g/mol. The van der Waals surface area contributed by atoms with Crippen molar-refractivity contribution in [3.63, 3.8) is 0 Å². The molecule has 0 saturated heterocycles. The fraction of sp³-hybridized carbons (Fsp3) is 1.00. The maximum Gasteiger partial charge on any atom is 0.471 e. The third-order valence-corrected chi connectivity index (χ3v) is 12.5. The fourth-order valence-corrected chi connectivity index (χ4v) is 8.66. The number of rotatable bonds is 23. The zero-order valence-corrected chi connectivity index (χ0v) is 25.4. The van der Waals surface area contributed by atoms with Crippen LogP contribution in [0.5, 0.6) is 0 Å². The largest absolute Gasteiger partial charge is 0.471 e. The number of hydrogen-bond acceptors (Lipinski definition) is 3. The molecule has 6 heteroatoms. The van der Waals surface area contributed by atoms with Crippen LogP contribution in [0.15, 0.2) is 0 Å². The van der Waals surface area contributed by atoms with Crippen LogP contribution >= 0.6 is 15.1 Å². The van der Waals surface area contributed by atoms with Crippen molar-refractivity contribution in [3.05, 3.63) is 0 Å². The quantitative estimate of drug-likeness (QED) is 0.109. The van der Waals surface area contributed by atoms with Crippen LogP contribution in [-0.2, 0) is 13.6 Å². The van der Waals surface area contributed by atoms with E-state index in [1.165, 1.54) is 116 Å². The van der Waals surface area contributed by atoms with Crippen LogP contribution in [0.1, 0.15) is 136 Å². The van der Waals surface area contributed by atoms with Gasteiger partial charge < -0.3 is 4.89 Å². The summed E-state index contributed by atoms with van der Waals surface area (Å²) >= 11 is 0. The standard InChI is InChI=1S/C25H55P.C2H7O4P/c1-5-8-11-14-17-20-23-26(4,24-21-18-15-12-9-6-2)25-22-19-16-13-10-7-3;1-5-7(3,4)6-2/h26H,5-25H2,1-4H3;1-2H3,(H,3,4). The minimum atomic E-state index is -3.65. The second-order valence-corrected chi connectivity index (χ2v) is 17.0. The van der Waals surface area contributed by atoms with E-state index >= 15 is 0 Å². The third kappa shape index (κ3) is 27.0. The molecule has 4 nitrogen and oxygen atoms in total. The molecule has 1 N–H and O–H groups in total. The molecule has 0 aromatic carbocycles. The summed E-state index contributed by atoms with van der Waals surface area (Å²) in [6, 6.07) is 0. The van der Waals surface area contributed by atoms with Gasteiger partial charge in [0.1, 0.15) is 0 Å². The van der Waals surface area contributed by atoms with E-state index in [0.717, 1.165) is 14.2 Å². The molecule has 0 saturated carbocycles. The molecule has 0 heterocycles. The van der Waals surface area contributed by atoms with Gasteiger partial charge in [-0.1, -0.05) is 0 Å². The molecule has 0 aliphatic rings. The summed E-state index contributed by atoms with van der Waals surface area (Å²) in [5, 5.41) is 0. The first-order valence-corrected chi connectivity index (χ1v) is 18.9. The van der Waals surface area contributed by atoms with Crippen LogP contribution in [0, 0.1) is 0 Å². The molecule has 0 rings (SSSR count). The van der Waals surface area contributed by atoms with Crippen molar-refractivity contribution in [3.8, 4) is 0 Å². The van der Waals surface area contributed by atoms with E-state index in [-0.39, 0.29) is 0 Å². The van der Waals surface area contributed by atoms with Gasteiger partial charge in [-0.25, -0.2) is 4.57 Å². The molecule has 0 fully saturated rings. The Bertz CT molecular complexity index is 384. The van der Waals surface area contributed by atoms with E-state index in [1.54, 1.807) is 18.5 Å². The number of phosphoric ester groups is 1. The maximum atomic E-state index is 10.1. The van der Waals surface area contributed by atoms with Crippen molar-refractivity contribution in [1.82, 2.24) is 0 Å². The summed E-state index contributed by atoms with van der Waals surface area (Å²) in [5.74, 6) is 0. The Morgan fingerprint density at radius 3 is 1.00 bits per heavy atom. The van der Waals surface area contributed by atoms with Gasteiger partial charge in [0.2, 0.25) is 0 Å². The van der Waals surface area contributed by atoms with Crippen LogP contribution in [0.3, 0.4) is 0 Å². The maximum absolute atomic E-state index is 10.1. The molecule has 0 aliphatic heterocycles. The molecule has 204 valence electrons. The van der Waals surface area contributed by atoms with Crippen LogP contribution in [0.25, 0.3) is 0 Å². The Morgan fingerprint density at radius 2 is 0.788 bits per heavy atom. The molecule has 0 aromatic rings. The Kier molecular flexibility index (Phi) is 27.7. The van der Waals surface area contributed by atoms with Crippen molar-refractivity contribution < 1.29 is 18.5 Å². The van der Waals surface area contributed by atoms with E-state index in [9.17, 15) is 4.57 Å². The number of phosphoric acid groups is 1. The summed E-state index contributed by atoms with van der Waals surface area (Å²) in [6.07, 6.45) is 31.4. The van der Waals surface area contributed by atoms with Gasteiger partial charge in [0, 0.05) is 14.2 Å². The van der Waals surface area contributed by atoms with Crippen molar-refractivity contribution in [1.29, 1.82) is 0 Å². The molecule has 0 unspecified atom stereocenters.